The second-order valence-electron chi connectivity index (χ2n) is 8.19. The van der Waals surface area contributed by atoms with Crippen molar-refractivity contribution < 1.29 is 24.5 Å². The lowest BCUT2D eigenvalue weighted by molar-refractivity contribution is -0.132. The molecule has 6 heteroatoms. The van der Waals surface area contributed by atoms with Crippen LogP contribution in [0.4, 0.5) is 5.69 Å². The topological polar surface area (TPSA) is 87.1 Å². The number of nitrogens with zero attached hydrogens (tertiary/aromatic N) is 1. The number of aliphatic hydroxyl groups excluding tert-OH is 1. The van der Waals surface area contributed by atoms with Gasteiger partial charge in [0.1, 0.15) is 5.76 Å². The molecule has 1 atom stereocenters. The van der Waals surface area contributed by atoms with E-state index in [1.54, 1.807) is 55.5 Å². The number of Topliss-reactive ketones (excluding diaryl/α,β-unsaturated/α-hetero) is 1. The number of phenolic OH excluding ortho intramolecular Hbond substituents is 1. The fraction of sp³-hybridized carbons (Fsp3) is 0.103. The fourth-order valence-corrected chi connectivity index (χ4v) is 4.54. The molecular weight excluding hydrogens is 442 g/mol. The molecule has 1 saturated heterocycles. The maximum atomic E-state index is 13.5. The molecule has 0 spiro atoms. The minimum Gasteiger partial charge on any atom is -0.507 e. The van der Waals surface area contributed by atoms with Crippen LogP contribution in [0.15, 0.2) is 96.6 Å². The minimum absolute atomic E-state index is 0.0257. The van der Waals surface area contributed by atoms with Gasteiger partial charge in [0.2, 0.25) is 0 Å². The first-order chi connectivity index (χ1) is 17.0. The van der Waals surface area contributed by atoms with Gasteiger partial charge in [-0.25, -0.2) is 0 Å². The number of aromatic hydroxyl groups is 1. The highest BCUT2D eigenvalue weighted by molar-refractivity contribution is 6.52. The fourth-order valence-electron chi connectivity index (χ4n) is 4.54. The summed E-state index contributed by atoms with van der Waals surface area (Å²) in [4.78, 5) is 28.3. The molecule has 2 N–H and O–H groups in total. The zero-order chi connectivity index (χ0) is 24.5. The van der Waals surface area contributed by atoms with Crippen LogP contribution in [-0.2, 0) is 9.59 Å². The highest BCUT2D eigenvalue weighted by Gasteiger charge is 2.47. The van der Waals surface area contributed by atoms with Crippen molar-refractivity contribution in [2.24, 2.45) is 0 Å². The normalized spacial score (nSPS) is 17.2. The number of amides is 1. The maximum Gasteiger partial charge on any atom is 0.300 e. The van der Waals surface area contributed by atoms with E-state index in [1.807, 2.05) is 36.4 Å². The predicted molar refractivity (Wildman–Crippen MR) is 134 cm³/mol. The summed E-state index contributed by atoms with van der Waals surface area (Å²) >= 11 is 0. The number of fused-ring (bicyclic) bond motifs is 1. The number of phenols is 1. The van der Waals surface area contributed by atoms with Crippen molar-refractivity contribution in [3.05, 3.63) is 108 Å². The van der Waals surface area contributed by atoms with Crippen molar-refractivity contribution in [1.29, 1.82) is 0 Å². The molecule has 1 amide bonds. The Kier molecular flexibility index (Phi) is 5.71. The van der Waals surface area contributed by atoms with E-state index in [-0.39, 0.29) is 22.8 Å². The van der Waals surface area contributed by atoms with Crippen molar-refractivity contribution in [2.45, 2.75) is 13.0 Å². The van der Waals surface area contributed by atoms with Crippen LogP contribution in [0, 0.1) is 0 Å². The van der Waals surface area contributed by atoms with Crippen LogP contribution in [0.25, 0.3) is 16.5 Å². The van der Waals surface area contributed by atoms with Crippen molar-refractivity contribution in [3.63, 3.8) is 0 Å². The zero-order valence-electron chi connectivity index (χ0n) is 19.0. The molecule has 0 aromatic heterocycles. The number of hydrogen-bond donors (Lipinski definition) is 2. The lowest BCUT2D eigenvalue weighted by atomic mass is 9.94. The predicted octanol–water partition coefficient (Wildman–Crippen LogP) is 5.57. The second-order valence-corrected chi connectivity index (χ2v) is 8.19. The first kappa shape index (κ1) is 22.2. The first-order valence-electron chi connectivity index (χ1n) is 11.3. The third-order valence-corrected chi connectivity index (χ3v) is 6.12. The number of aliphatic hydroxyl groups is 1. The molecule has 4 aromatic carbocycles. The van der Waals surface area contributed by atoms with Gasteiger partial charge in [0.05, 0.1) is 23.9 Å². The van der Waals surface area contributed by atoms with E-state index in [0.717, 1.165) is 10.8 Å². The van der Waals surface area contributed by atoms with Crippen molar-refractivity contribution in [3.8, 4) is 11.5 Å². The Bertz CT molecular complexity index is 1470. The summed E-state index contributed by atoms with van der Waals surface area (Å²) in [7, 11) is 0. The smallest absolute Gasteiger partial charge is 0.300 e. The van der Waals surface area contributed by atoms with E-state index >= 15 is 0 Å². The van der Waals surface area contributed by atoms with Gasteiger partial charge in [-0.15, -0.1) is 0 Å². The van der Waals surface area contributed by atoms with Crippen LogP contribution in [0.3, 0.4) is 0 Å². The monoisotopic (exact) mass is 465 g/mol. The molecule has 0 bridgehead atoms. The molecule has 1 fully saturated rings. The summed E-state index contributed by atoms with van der Waals surface area (Å²) < 4.78 is 5.57. The number of benzene rings is 4. The molecule has 5 rings (SSSR count). The number of ether oxygens (including phenoxy) is 1. The largest absolute Gasteiger partial charge is 0.507 e. The summed E-state index contributed by atoms with van der Waals surface area (Å²) in [6.45, 7) is 2.12. The van der Waals surface area contributed by atoms with Gasteiger partial charge in [0.15, 0.2) is 11.5 Å². The maximum absolute atomic E-state index is 13.5. The van der Waals surface area contributed by atoms with Gasteiger partial charge in [-0.1, -0.05) is 72.8 Å². The molecule has 174 valence electrons. The lowest BCUT2D eigenvalue weighted by Gasteiger charge is -2.27. The summed E-state index contributed by atoms with van der Waals surface area (Å²) in [6, 6.07) is 25.6. The summed E-state index contributed by atoms with van der Waals surface area (Å²) in [6.07, 6.45) is 0. The lowest BCUT2D eigenvalue weighted by Crippen LogP contribution is -2.29. The van der Waals surface area contributed by atoms with E-state index < -0.39 is 17.7 Å². The van der Waals surface area contributed by atoms with Crippen LogP contribution in [0.5, 0.6) is 11.5 Å². The quantitative estimate of drug-likeness (QED) is 0.229. The number of carbonyl (C=O) groups is 2. The van der Waals surface area contributed by atoms with E-state index in [0.29, 0.717) is 23.4 Å². The Labute approximate surface area is 202 Å². The van der Waals surface area contributed by atoms with E-state index in [1.165, 1.54) is 11.0 Å². The molecule has 1 aliphatic rings. The second kappa shape index (κ2) is 8.99. The minimum atomic E-state index is -0.930. The Morgan fingerprint density at radius 2 is 1.63 bits per heavy atom. The standard InChI is InChI=1S/C29H23NO5/c1-2-35-24-17-20(15-16-23(24)31)26-25(27(32)19-10-4-3-5-11-19)28(33)29(34)30(26)22-14-8-12-18-9-6-7-13-21(18)22/h3-17,26,31-32H,2H2,1H3/b27-25+. The Hall–Kier alpha value is -4.58. The van der Waals surface area contributed by atoms with Crippen LogP contribution < -0.4 is 9.64 Å². The summed E-state index contributed by atoms with van der Waals surface area (Å²) in [5, 5.41) is 23.2. The molecule has 0 saturated carbocycles. The van der Waals surface area contributed by atoms with E-state index in [2.05, 4.69) is 0 Å². The first-order valence-corrected chi connectivity index (χ1v) is 11.3. The Morgan fingerprint density at radius 3 is 2.40 bits per heavy atom. The molecule has 1 unspecified atom stereocenters. The average molecular weight is 466 g/mol. The zero-order valence-corrected chi connectivity index (χ0v) is 19.0. The number of anilines is 1. The van der Waals surface area contributed by atoms with Crippen LogP contribution in [-0.4, -0.2) is 28.5 Å². The number of ketones is 1. The third kappa shape index (κ3) is 3.79. The van der Waals surface area contributed by atoms with Crippen molar-refractivity contribution in [2.75, 3.05) is 11.5 Å². The molecule has 0 aliphatic carbocycles. The molecular formula is C29H23NO5. The van der Waals surface area contributed by atoms with Gasteiger partial charge >= 0.3 is 0 Å². The van der Waals surface area contributed by atoms with Gasteiger partial charge in [0, 0.05) is 10.9 Å². The SMILES string of the molecule is CCOc1cc(C2/C(=C(\O)c3ccccc3)C(=O)C(=O)N2c2cccc3ccccc23)ccc1O. The summed E-state index contributed by atoms with van der Waals surface area (Å²) in [5.41, 5.74) is 1.48. The number of rotatable bonds is 5. The number of carbonyl (C=O) groups excluding carboxylic acids is 2. The highest BCUT2D eigenvalue weighted by atomic mass is 16.5. The van der Waals surface area contributed by atoms with Gasteiger partial charge in [-0.05, 0) is 36.1 Å². The van der Waals surface area contributed by atoms with Gasteiger partial charge < -0.3 is 14.9 Å². The van der Waals surface area contributed by atoms with Crippen LogP contribution >= 0.6 is 0 Å². The van der Waals surface area contributed by atoms with E-state index in [4.69, 9.17) is 4.74 Å². The number of hydrogen-bond acceptors (Lipinski definition) is 5. The van der Waals surface area contributed by atoms with Gasteiger partial charge in [-0.3, -0.25) is 14.5 Å². The molecule has 6 nitrogen and oxygen atoms in total. The van der Waals surface area contributed by atoms with E-state index in [9.17, 15) is 19.8 Å². The van der Waals surface area contributed by atoms with Crippen molar-refractivity contribution in [1.82, 2.24) is 0 Å². The average Bonchev–Trinajstić information content (AvgIpc) is 3.15. The Balaban J connectivity index is 1.79. The molecule has 35 heavy (non-hydrogen) atoms. The van der Waals surface area contributed by atoms with Crippen LogP contribution in [0.2, 0.25) is 0 Å². The third-order valence-electron chi connectivity index (χ3n) is 6.12. The van der Waals surface area contributed by atoms with Gasteiger partial charge in [-0.2, -0.15) is 0 Å². The molecule has 4 aromatic rings. The molecule has 1 heterocycles. The molecule has 1 aliphatic heterocycles. The molecule has 0 radical (unpaired) electrons. The summed E-state index contributed by atoms with van der Waals surface area (Å²) in [5.74, 6) is -1.61. The van der Waals surface area contributed by atoms with Crippen molar-refractivity contribution >= 4 is 33.9 Å². The highest BCUT2D eigenvalue weighted by Crippen LogP contribution is 2.45. The van der Waals surface area contributed by atoms with Gasteiger partial charge in [0.25, 0.3) is 11.7 Å². The Morgan fingerprint density at radius 1 is 0.914 bits per heavy atom. The van der Waals surface area contributed by atoms with Crippen LogP contribution in [0.1, 0.15) is 24.1 Å².